The first-order chi connectivity index (χ1) is 10.6. The van der Waals surface area contributed by atoms with Gasteiger partial charge in [-0.25, -0.2) is 0 Å². The van der Waals surface area contributed by atoms with Gasteiger partial charge in [0.1, 0.15) is 0 Å². The Balaban J connectivity index is 0.00000264. The van der Waals surface area contributed by atoms with E-state index >= 15 is 0 Å². The maximum Gasteiger partial charge on any atom is 0.191 e. The number of aryl methyl sites for hydroxylation is 2. The van der Waals surface area contributed by atoms with E-state index in [4.69, 9.17) is 4.99 Å². The molecule has 2 N–H and O–H groups in total. The first-order valence-electron chi connectivity index (χ1n) is 8.26. The number of hydrogen-bond donors (Lipinski definition) is 2. The van der Waals surface area contributed by atoms with Crippen LogP contribution in [0.1, 0.15) is 38.7 Å². The van der Waals surface area contributed by atoms with Crippen molar-refractivity contribution in [2.45, 2.75) is 51.3 Å². The first kappa shape index (κ1) is 20.6. The van der Waals surface area contributed by atoms with E-state index in [-0.39, 0.29) is 24.0 Å². The number of nitrogens with zero attached hydrogens (tertiary/aromatic N) is 3. The highest BCUT2D eigenvalue weighted by atomic mass is 127. The van der Waals surface area contributed by atoms with Gasteiger partial charge in [0.25, 0.3) is 0 Å². The Morgan fingerprint density at radius 2 is 2.30 bits per heavy atom. The largest absolute Gasteiger partial charge is 0.357 e. The Morgan fingerprint density at radius 3 is 2.91 bits per heavy atom. The van der Waals surface area contributed by atoms with Gasteiger partial charge in [0.05, 0.1) is 12.7 Å². The van der Waals surface area contributed by atoms with Gasteiger partial charge in [-0.3, -0.25) is 9.67 Å². The van der Waals surface area contributed by atoms with Crippen molar-refractivity contribution in [3.63, 3.8) is 0 Å². The molecule has 1 aromatic heterocycles. The van der Waals surface area contributed by atoms with Crippen LogP contribution < -0.4 is 10.6 Å². The number of guanidine groups is 1. The number of aliphatic imine (C=N–C) groups is 1. The second-order valence-corrected chi connectivity index (χ2v) is 7.84. The fourth-order valence-corrected chi connectivity index (χ4v) is 3.81. The summed E-state index contributed by atoms with van der Waals surface area (Å²) < 4.78 is 2.33. The zero-order chi connectivity index (χ0) is 15.8. The van der Waals surface area contributed by atoms with Crippen LogP contribution in [0.5, 0.6) is 0 Å². The molecule has 1 aromatic rings. The molecule has 2 heterocycles. The number of halogens is 1. The van der Waals surface area contributed by atoms with Gasteiger partial charge in [0.15, 0.2) is 5.96 Å². The molecule has 2 rings (SSSR count). The molecule has 0 aliphatic carbocycles. The van der Waals surface area contributed by atoms with Crippen LogP contribution in [0.4, 0.5) is 0 Å². The highest BCUT2D eigenvalue weighted by Gasteiger charge is 2.29. The average Bonchev–Trinajstić information content (AvgIpc) is 3.10. The third-order valence-electron chi connectivity index (χ3n) is 3.84. The van der Waals surface area contributed by atoms with Gasteiger partial charge < -0.3 is 10.6 Å². The lowest BCUT2D eigenvalue weighted by Crippen LogP contribution is -2.39. The molecule has 1 aliphatic heterocycles. The van der Waals surface area contributed by atoms with Crippen LogP contribution in [-0.4, -0.2) is 45.9 Å². The molecule has 23 heavy (non-hydrogen) atoms. The fraction of sp³-hybridized carbons (Fsp3) is 0.750. The molecule has 1 atom stereocenters. The quantitative estimate of drug-likeness (QED) is 0.290. The van der Waals surface area contributed by atoms with Gasteiger partial charge in [-0.1, -0.05) is 0 Å². The van der Waals surface area contributed by atoms with Gasteiger partial charge in [0, 0.05) is 30.6 Å². The minimum Gasteiger partial charge on any atom is -0.357 e. The van der Waals surface area contributed by atoms with Gasteiger partial charge in [-0.05, 0) is 51.3 Å². The van der Waals surface area contributed by atoms with E-state index in [2.05, 4.69) is 54.5 Å². The van der Waals surface area contributed by atoms with Crippen molar-refractivity contribution in [1.29, 1.82) is 0 Å². The zero-order valence-corrected chi connectivity index (χ0v) is 17.6. The van der Waals surface area contributed by atoms with E-state index < -0.39 is 0 Å². The summed E-state index contributed by atoms with van der Waals surface area (Å²) in [4.78, 5) is 4.77. The number of thioether (sulfide) groups is 1. The van der Waals surface area contributed by atoms with E-state index in [0.717, 1.165) is 38.6 Å². The van der Waals surface area contributed by atoms with Gasteiger partial charge in [-0.2, -0.15) is 16.9 Å². The highest BCUT2D eigenvalue weighted by molar-refractivity contribution is 14.0. The molecule has 0 spiro atoms. The smallest absolute Gasteiger partial charge is 0.191 e. The minimum absolute atomic E-state index is 0. The van der Waals surface area contributed by atoms with Crippen LogP contribution >= 0.6 is 35.7 Å². The van der Waals surface area contributed by atoms with Crippen LogP contribution in [-0.2, 0) is 6.54 Å². The van der Waals surface area contributed by atoms with Crippen LogP contribution in [0.3, 0.4) is 0 Å². The van der Waals surface area contributed by atoms with E-state index in [1.54, 1.807) is 0 Å². The van der Waals surface area contributed by atoms with Crippen LogP contribution in [0, 0.1) is 6.92 Å². The molecule has 1 saturated heterocycles. The first-order valence-corrected chi connectivity index (χ1v) is 9.25. The van der Waals surface area contributed by atoms with Crippen LogP contribution in [0.2, 0.25) is 0 Å². The number of hydrogen-bond acceptors (Lipinski definition) is 3. The molecule has 0 amide bonds. The topological polar surface area (TPSA) is 54.2 Å². The summed E-state index contributed by atoms with van der Waals surface area (Å²) >= 11 is 2.06. The average molecular weight is 451 g/mol. The molecule has 132 valence electrons. The Bertz CT molecular complexity index is 483. The molecule has 0 radical (unpaired) electrons. The normalized spacial score (nSPS) is 21.1. The van der Waals surface area contributed by atoms with Crippen molar-refractivity contribution in [2.24, 2.45) is 4.99 Å². The van der Waals surface area contributed by atoms with Gasteiger partial charge in [0.2, 0.25) is 0 Å². The van der Waals surface area contributed by atoms with Gasteiger partial charge >= 0.3 is 0 Å². The Morgan fingerprint density at radius 1 is 1.48 bits per heavy atom. The standard InChI is InChI=1S/C16H29N5S.HI/c1-4-17-15(19-13-16(3)7-5-10-22-16)18-8-6-9-21-12-14(2)11-20-21;/h11-12H,4-10,13H2,1-3H3,(H2,17,18,19);1H. The number of nitrogens with one attached hydrogen (secondary N) is 2. The van der Waals surface area contributed by atoms with E-state index in [1.165, 1.54) is 24.2 Å². The second kappa shape index (κ2) is 10.4. The van der Waals surface area contributed by atoms with E-state index in [0.29, 0.717) is 4.75 Å². The summed E-state index contributed by atoms with van der Waals surface area (Å²) in [7, 11) is 0. The fourth-order valence-electron chi connectivity index (χ4n) is 2.59. The lowest BCUT2D eigenvalue weighted by molar-refractivity contribution is 0.568. The SMILES string of the molecule is CCNC(=NCC1(C)CCCS1)NCCCn1cc(C)cn1.I. The molecule has 1 fully saturated rings. The summed E-state index contributed by atoms with van der Waals surface area (Å²) in [5.74, 6) is 2.21. The summed E-state index contributed by atoms with van der Waals surface area (Å²) in [6.07, 6.45) is 7.62. The molecule has 0 aromatic carbocycles. The van der Waals surface area contributed by atoms with Crippen molar-refractivity contribution < 1.29 is 0 Å². The molecular weight excluding hydrogens is 421 g/mol. The Labute approximate surface area is 161 Å². The lowest BCUT2D eigenvalue weighted by Gasteiger charge is -2.21. The second-order valence-electron chi connectivity index (χ2n) is 6.16. The van der Waals surface area contributed by atoms with Crippen molar-refractivity contribution >= 4 is 41.7 Å². The van der Waals surface area contributed by atoms with Crippen molar-refractivity contribution in [2.75, 3.05) is 25.4 Å². The highest BCUT2D eigenvalue weighted by Crippen LogP contribution is 2.37. The Kier molecular flexibility index (Phi) is 9.34. The summed E-state index contributed by atoms with van der Waals surface area (Å²) in [6.45, 7) is 10.1. The van der Waals surface area contributed by atoms with Crippen LogP contribution in [0.15, 0.2) is 17.4 Å². The summed E-state index contributed by atoms with van der Waals surface area (Å²) in [6, 6.07) is 0. The molecule has 1 aliphatic rings. The summed E-state index contributed by atoms with van der Waals surface area (Å²) in [5.41, 5.74) is 1.21. The predicted molar refractivity (Wildman–Crippen MR) is 111 cm³/mol. The molecule has 1 unspecified atom stereocenters. The third-order valence-corrected chi connectivity index (χ3v) is 5.36. The monoisotopic (exact) mass is 451 g/mol. The van der Waals surface area contributed by atoms with Crippen molar-refractivity contribution in [3.8, 4) is 0 Å². The number of aromatic nitrogens is 2. The van der Waals surface area contributed by atoms with Gasteiger partial charge in [-0.15, -0.1) is 24.0 Å². The van der Waals surface area contributed by atoms with E-state index in [9.17, 15) is 0 Å². The molecule has 5 nitrogen and oxygen atoms in total. The zero-order valence-electron chi connectivity index (χ0n) is 14.5. The molecule has 7 heteroatoms. The predicted octanol–water partition coefficient (Wildman–Crippen LogP) is 3.04. The third kappa shape index (κ3) is 7.32. The lowest BCUT2D eigenvalue weighted by atomic mass is 10.1. The van der Waals surface area contributed by atoms with Crippen LogP contribution in [0.25, 0.3) is 0 Å². The molecular formula is C16H30IN5S. The van der Waals surface area contributed by atoms with Crippen molar-refractivity contribution in [3.05, 3.63) is 18.0 Å². The maximum atomic E-state index is 4.77. The Hall–Kier alpha value is -0.440. The number of rotatable bonds is 7. The van der Waals surface area contributed by atoms with E-state index in [1.807, 2.05) is 10.9 Å². The summed E-state index contributed by atoms with van der Waals surface area (Å²) in [5, 5.41) is 11.1. The van der Waals surface area contributed by atoms with Crippen molar-refractivity contribution in [1.82, 2.24) is 20.4 Å². The molecule has 0 bridgehead atoms. The minimum atomic E-state index is 0. The maximum absolute atomic E-state index is 4.77. The molecule has 0 saturated carbocycles.